The number of aryl methyl sites for hydroxylation is 1. The number of aromatic nitrogens is 2. The number of nitrogens with one attached hydrogen (secondary N) is 4. The van der Waals surface area contributed by atoms with E-state index in [2.05, 4.69) is 21.3 Å². The molecule has 4 aliphatic rings. The zero-order valence-electron chi connectivity index (χ0n) is 46.2. The lowest BCUT2D eigenvalue weighted by Crippen LogP contribution is -2.44. The predicted octanol–water partition coefficient (Wildman–Crippen LogP) is 3.60. The fourth-order valence-electron chi connectivity index (χ4n) is 11.2. The van der Waals surface area contributed by atoms with Crippen LogP contribution in [0, 0.1) is 18.7 Å². The van der Waals surface area contributed by atoms with Crippen LogP contribution in [-0.4, -0.2) is 115 Å². The maximum atomic E-state index is 15.4. The molecule has 438 valence electrons. The van der Waals surface area contributed by atoms with E-state index in [4.69, 9.17) is 9.72 Å². The van der Waals surface area contributed by atoms with Crippen LogP contribution in [0.3, 0.4) is 0 Å². The number of esters is 1. The van der Waals surface area contributed by atoms with E-state index in [1.54, 1.807) is 50.2 Å². The minimum atomic E-state index is -2.05. The topological polar surface area (TPSA) is 324 Å². The molecular formula is C60H66FN7O15. The second kappa shape index (κ2) is 26.5. The lowest BCUT2D eigenvalue weighted by Gasteiger charge is -2.31. The number of pyridine rings is 2. The van der Waals surface area contributed by atoms with E-state index in [0.717, 1.165) is 10.5 Å². The average Bonchev–Trinajstić information content (AvgIpc) is 1.88. The van der Waals surface area contributed by atoms with Gasteiger partial charge < -0.3 is 40.8 Å². The summed E-state index contributed by atoms with van der Waals surface area (Å²) in [6.07, 6.45) is 2.60. The largest absolute Gasteiger partial charge is 0.481 e. The normalized spacial score (nSPS) is 17.2. The molecule has 1 aliphatic carbocycles. The van der Waals surface area contributed by atoms with Crippen LogP contribution in [-0.2, 0) is 89.1 Å². The lowest BCUT2D eigenvalue weighted by molar-refractivity contribution is -0.172. The number of aliphatic hydroxyl groups is 1. The van der Waals surface area contributed by atoms with Crippen molar-refractivity contribution in [2.75, 3.05) is 19.6 Å². The number of unbranched alkanes of at least 4 members (excludes halogenated alkanes) is 2. The number of benzene rings is 2. The summed E-state index contributed by atoms with van der Waals surface area (Å²) in [4.78, 5) is 160. The highest BCUT2D eigenvalue weighted by molar-refractivity contribution is 6.12. The number of cyclic esters (lactones) is 1. The van der Waals surface area contributed by atoms with Gasteiger partial charge in [0, 0.05) is 92.8 Å². The number of amides is 6. The predicted molar refractivity (Wildman–Crippen MR) is 294 cm³/mol. The molecule has 1 unspecified atom stereocenters. The van der Waals surface area contributed by atoms with E-state index in [1.165, 1.54) is 22.8 Å². The Hall–Kier alpha value is -8.60. The molecule has 6 N–H and O–H groups in total. The SMILES string of the molecule is CC[C@@]1(O)C(=O)OCc2c1cc1n(c2=O)Cc2c-1nc1cc(F)c(C)c3c1c2C(NC(=O)CCCNC(=O)CCC(=O)[C@H](Cc1ccccc1)NC(=O)CCC(=O)CNC(=O)[C@H](CC(=O)O)CC(=O)CCCCCN1C(=O)C=CC1=O)CC3. The summed E-state index contributed by atoms with van der Waals surface area (Å²) in [5.41, 5.74) is 2.07. The van der Waals surface area contributed by atoms with Crippen molar-refractivity contribution in [2.24, 2.45) is 5.92 Å². The summed E-state index contributed by atoms with van der Waals surface area (Å²) in [6.45, 7) is 2.78. The standard InChI is InChI=1S/C60H66FN7O15/c1-3-60(82)41-28-46-56-39(31-68(46)58(80)40(41)32-83-59(60)81)55-43(17-16-38-33(2)42(61)29-45(66-56)54(38)55)64-49(73)14-10-23-62-48(72)20-18-47(71)44(25-34-11-6-4-7-12-34)65-50(74)19-15-37(70)30-63-57(79)35(27-53(77)78)26-36(69)13-8-5-9-24-67-51(75)21-22-52(67)76/h4,6-7,11-12,21-22,28-29,35,43-44,82H,3,5,8-10,13-20,23-27,30-32H2,1-2H3,(H,62,72)(H,63,79)(H,64,73)(H,65,74)(H,77,78)/t35-,43?,44-,60-/m0/s1. The van der Waals surface area contributed by atoms with E-state index >= 15 is 4.39 Å². The van der Waals surface area contributed by atoms with Gasteiger partial charge in [-0.15, -0.1) is 0 Å². The third kappa shape index (κ3) is 14.0. The second-order valence-electron chi connectivity index (χ2n) is 21.5. The van der Waals surface area contributed by atoms with Crippen molar-refractivity contribution in [1.29, 1.82) is 0 Å². The number of carbonyl (C=O) groups is 11. The first kappa shape index (κ1) is 60.5. The van der Waals surface area contributed by atoms with Crippen molar-refractivity contribution >= 4 is 75.6 Å². The molecule has 6 amide bonds. The van der Waals surface area contributed by atoms with Gasteiger partial charge in [0.2, 0.25) is 23.6 Å². The van der Waals surface area contributed by atoms with Gasteiger partial charge in [0.25, 0.3) is 17.4 Å². The second-order valence-corrected chi connectivity index (χ2v) is 21.5. The molecule has 0 spiro atoms. The van der Waals surface area contributed by atoms with E-state index < -0.39 is 101 Å². The van der Waals surface area contributed by atoms with Gasteiger partial charge in [-0.05, 0) is 80.2 Å². The number of nitrogens with zero attached hydrogens (tertiary/aromatic N) is 3. The fourth-order valence-corrected chi connectivity index (χ4v) is 11.2. The van der Waals surface area contributed by atoms with Crippen molar-refractivity contribution in [2.45, 2.75) is 147 Å². The number of carboxylic acid groups (broad SMARTS) is 1. The van der Waals surface area contributed by atoms with Gasteiger partial charge in [-0.1, -0.05) is 43.7 Å². The van der Waals surface area contributed by atoms with E-state index in [0.29, 0.717) is 76.6 Å². The van der Waals surface area contributed by atoms with Crippen LogP contribution in [0.15, 0.2) is 59.4 Å². The zero-order chi connectivity index (χ0) is 59.7. The minimum absolute atomic E-state index is 0.00112. The lowest BCUT2D eigenvalue weighted by atomic mass is 9.81. The molecule has 0 saturated heterocycles. The highest BCUT2D eigenvalue weighted by atomic mass is 19.1. The summed E-state index contributed by atoms with van der Waals surface area (Å²) >= 11 is 0. The van der Waals surface area contributed by atoms with Crippen molar-refractivity contribution in [3.8, 4) is 11.4 Å². The van der Waals surface area contributed by atoms with Crippen molar-refractivity contribution < 1.29 is 72.1 Å². The number of Topliss-reactive ketones (excluding diaryl/α,β-unsaturated/α-hetero) is 3. The molecule has 4 aromatic rings. The molecule has 4 atom stereocenters. The Morgan fingerprint density at radius 1 is 0.819 bits per heavy atom. The Bertz CT molecular complexity index is 3390. The van der Waals surface area contributed by atoms with Crippen molar-refractivity contribution in [3.63, 3.8) is 0 Å². The van der Waals surface area contributed by atoms with Crippen LogP contribution in [0.5, 0.6) is 0 Å². The maximum absolute atomic E-state index is 15.4. The summed E-state index contributed by atoms with van der Waals surface area (Å²) in [5, 5.41) is 32.4. The van der Waals surface area contributed by atoms with Crippen molar-refractivity contribution in [3.05, 3.63) is 110 Å². The van der Waals surface area contributed by atoms with Gasteiger partial charge in [0.05, 0.1) is 60.0 Å². The van der Waals surface area contributed by atoms with Gasteiger partial charge >= 0.3 is 11.9 Å². The molecule has 2 aromatic carbocycles. The van der Waals surface area contributed by atoms with E-state index in [1.807, 2.05) is 0 Å². The fraction of sp³-hybridized carbons (Fsp3) is 0.450. The number of rotatable bonds is 29. The smallest absolute Gasteiger partial charge is 0.343 e. The summed E-state index contributed by atoms with van der Waals surface area (Å²) < 4.78 is 22.1. The Balaban J connectivity index is 0.794. The van der Waals surface area contributed by atoms with Crippen LogP contribution >= 0.6 is 0 Å². The molecule has 5 heterocycles. The first-order valence-electron chi connectivity index (χ1n) is 28.0. The Morgan fingerprint density at radius 2 is 1.55 bits per heavy atom. The molecule has 3 aliphatic heterocycles. The van der Waals surface area contributed by atoms with Crippen LogP contribution in [0.25, 0.3) is 22.3 Å². The molecule has 0 bridgehead atoms. The van der Waals surface area contributed by atoms with Crippen molar-refractivity contribution in [1.82, 2.24) is 35.7 Å². The summed E-state index contributed by atoms with van der Waals surface area (Å²) in [6, 6.07) is 10.1. The number of halogens is 1. The van der Waals surface area contributed by atoms with Gasteiger partial charge in [0.1, 0.15) is 18.2 Å². The minimum Gasteiger partial charge on any atom is -0.481 e. The summed E-state index contributed by atoms with van der Waals surface area (Å²) in [7, 11) is 0. The zero-order valence-corrected chi connectivity index (χ0v) is 46.2. The first-order valence-corrected chi connectivity index (χ1v) is 28.0. The average molecular weight is 1140 g/mol. The number of ketones is 3. The van der Waals surface area contributed by atoms with E-state index in [-0.39, 0.29) is 113 Å². The first-order chi connectivity index (χ1) is 39.7. The van der Waals surface area contributed by atoms with Gasteiger partial charge in [-0.25, -0.2) is 14.2 Å². The van der Waals surface area contributed by atoms with E-state index in [9.17, 15) is 67.7 Å². The number of ether oxygens (including phenoxy) is 1. The van der Waals surface area contributed by atoms with Gasteiger partial charge in [-0.2, -0.15) is 0 Å². The Morgan fingerprint density at radius 3 is 2.28 bits per heavy atom. The Kier molecular flexibility index (Phi) is 19.3. The Labute approximate surface area is 476 Å². The highest BCUT2D eigenvalue weighted by Crippen LogP contribution is 2.46. The number of aliphatic carboxylic acids is 1. The number of imide groups is 1. The third-order valence-corrected chi connectivity index (χ3v) is 15.8. The third-order valence-electron chi connectivity index (χ3n) is 15.8. The summed E-state index contributed by atoms with van der Waals surface area (Å²) in [5.74, 6) is -8.40. The number of fused-ring (bicyclic) bond motifs is 5. The molecular weight excluding hydrogens is 1080 g/mol. The molecule has 0 radical (unpaired) electrons. The number of hydrogen-bond acceptors (Lipinski definition) is 15. The molecule has 83 heavy (non-hydrogen) atoms. The quantitative estimate of drug-likeness (QED) is 0.0226. The molecule has 23 heteroatoms. The maximum Gasteiger partial charge on any atom is 0.343 e. The molecule has 2 aromatic heterocycles. The van der Waals surface area contributed by atoms with Crippen LogP contribution < -0.4 is 26.8 Å². The number of carbonyl (C=O) groups excluding carboxylic acids is 10. The number of hydrogen-bond donors (Lipinski definition) is 6. The van der Waals surface area contributed by atoms with Gasteiger partial charge in [0.15, 0.2) is 17.2 Å². The van der Waals surface area contributed by atoms with Crippen LogP contribution in [0.4, 0.5) is 4.39 Å². The molecule has 0 saturated carbocycles. The van der Waals surface area contributed by atoms with Crippen LogP contribution in [0.1, 0.15) is 142 Å². The molecule has 22 nitrogen and oxygen atoms in total. The molecule has 8 rings (SSSR count). The van der Waals surface area contributed by atoms with Gasteiger partial charge in [-0.3, -0.25) is 57.6 Å². The van der Waals surface area contributed by atoms with Crippen LogP contribution in [0.2, 0.25) is 0 Å². The monoisotopic (exact) mass is 1140 g/mol. The number of carboxylic acids is 1. The molecule has 0 fully saturated rings. The highest BCUT2D eigenvalue weighted by Gasteiger charge is 2.46.